The van der Waals surface area contributed by atoms with Gasteiger partial charge in [-0.15, -0.1) is 17.2 Å². The monoisotopic (exact) mass is 469 g/mol. The van der Waals surface area contributed by atoms with E-state index in [-0.39, 0.29) is 12.6 Å². The predicted molar refractivity (Wildman–Crippen MR) is 132 cm³/mol. The van der Waals surface area contributed by atoms with Crippen LogP contribution >= 0.6 is 17.2 Å². The van der Waals surface area contributed by atoms with Crippen molar-refractivity contribution in [1.29, 1.82) is 0 Å². The molecule has 0 spiro atoms. The first-order valence-electron chi connectivity index (χ1n) is 11.9. The second kappa shape index (κ2) is 24.3. The van der Waals surface area contributed by atoms with Crippen molar-refractivity contribution in [3.63, 3.8) is 0 Å². The van der Waals surface area contributed by atoms with Gasteiger partial charge in [0.25, 0.3) is 0 Å². The Hall–Kier alpha value is 0.620. The van der Waals surface area contributed by atoms with E-state index in [1.54, 1.807) is 0 Å². The summed E-state index contributed by atoms with van der Waals surface area (Å²) in [5.74, 6) is 0. The minimum atomic E-state index is -0.0480. The Labute approximate surface area is 189 Å². The molecule has 0 radical (unpaired) electrons. The zero-order valence-corrected chi connectivity index (χ0v) is 22.0. The average Bonchev–Trinajstić information content (AvgIpc) is 2.73. The van der Waals surface area contributed by atoms with Crippen LogP contribution in [0.4, 0.5) is 0 Å². The van der Waals surface area contributed by atoms with E-state index in [1.165, 1.54) is 25.2 Å². The van der Waals surface area contributed by atoms with E-state index in [9.17, 15) is 0 Å². The summed E-state index contributed by atoms with van der Waals surface area (Å²) in [4.78, 5) is 0. The molecule has 0 aromatic rings. The molecule has 0 fully saturated rings. The molecule has 3 unspecified atom stereocenters. The zero-order chi connectivity index (χ0) is 22.3. The Morgan fingerprint density at radius 3 is 1.67 bits per heavy atom. The Morgan fingerprint density at radius 2 is 1.17 bits per heavy atom. The van der Waals surface area contributed by atoms with E-state index in [0.29, 0.717) is 39.1 Å². The number of unbranched alkanes of at least 4 members (excludes halogenated alkanes) is 1. The molecule has 3 atom stereocenters. The topological polar surface area (TPSA) is 72.2 Å². The first kappa shape index (κ1) is 30.6. The van der Waals surface area contributed by atoms with Gasteiger partial charge in [-0.2, -0.15) is 0 Å². The largest absolute Gasteiger partial charge is 0.378 e. The molecular formula is C22H49NO5P2. The first-order chi connectivity index (χ1) is 14.7. The number of hydrogen-bond donors (Lipinski definition) is 1. The molecule has 0 rings (SSSR count). The molecule has 30 heavy (non-hydrogen) atoms. The summed E-state index contributed by atoms with van der Waals surface area (Å²) < 4.78 is 28.6. The van der Waals surface area contributed by atoms with Crippen LogP contribution in [0.1, 0.15) is 59.8 Å². The smallest absolute Gasteiger partial charge is 0.161 e. The third-order valence-corrected chi connectivity index (χ3v) is 7.10. The van der Waals surface area contributed by atoms with E-state index in [1.807, 2.05) is 27.7 Å². The molecule has 8 heteroatoms. The maximum absolute atomic E-state index is 6.12. The van der Waals surface area contributed by atoms with E-state index in [4.69, 9.17) is 29.4 Å². The highest BCUT2D eigenvalue weighted by Gasteiger charge is 2.12. The summed E-state index contributed by atoms with van der Waals surface area (Å²) in [6.07, 6.45) is 10.4. The van der Waals surface area contributed by atoms with Crippen molar-refractivity contribution >= 4 is 17.2 Å². The van der Waals surface area contributed by atoms with Gasteiger partial charge in [-0.1, -0.05) is 6.42 Å². The standard InChI is InChI=1S/C22H49NO5P2/c1-5-24-21(25-6-2)18-29-16-10-9-12-20(28-15-11-14-23)13-17-30-19-22(26-7-3)27-8-4/h20-22,29-30H,5-19,23H2,1-4H3. The van der Waals surface area contributed by atoms with Crippen LogP contribution in [0.15, 0.2) is 0 Å². The molecule has 0 amide bonds. The summed E-state index contributed by atoms with van der Waals surface area (Å²) in [7, 11) is 1.75. The number of nitrogens with two attached hydrogens (primary N) is 1. The van der Waals surface area contributed by atoms with E-state index < -0.39 is 0 Å². The highest BCUT2D eigenvalue weighted by molar-refractivity contribution is 7.38. The van der Waals surface area contributed by atoms with E-state index in [0.717, 1.165) is 55.4 Å². The molecule has 182 valence electrons. The second-order valence-corrected chi connectivity index (χ2v) is 9.82. The van der Waals surface area contributed by atoms with Crippen molar-refractivity contribution in [2.75, 3.05) is 64.2 Å². The van der Waals surface area contributed by atoms with E-state index >= 15 is 0 Å². The molecule has 0 aliphatic rings. The fourth-order valence-corrected chi connectivity index (χ4v) is 5.42. The van der Waals surface area contributed by atoms with Gasteiger partial charge in [-0.3, -0.25) is 0 Å². The Morgan fingerprint density at radius 1 is 0.633 bits per heavy atom. The molecule has 0 saturated heterocycles. The average molecular weight is 470 g/mol. The van der Waals surface area contributed by atoms with Crippen molar-refractivity contribution in [3.8, 4) is 0 Å². The molecule has 2 N–H and O–H groups in total. The normalized spacial score (nSPS) is 13.7. The van der Waals surface area contributed by atoms with Gasteiger partial charge in [0.05, 0.1) is 6.10 Å². The molecule has 0 aromatic heterocycles. The molecule has 0 aliphatic heterocycles. The van der Waals surface area contributed by atoms with Crippen molar-refractivity contribution in [3.05, 3.63) is 0 Å². The molecule has 0 heterocycles. The van der Waals surface area contributed by atoms with Crippen molar-refractivity contribution in [2.24, 2.45) is 5.73 Å². The molecule has 0 saturated carbocycles. The molecule has 0 bridgehead atoms. The number of ether oxygens (including phenoxy) is 5. The predicted octanol–water partition coefficient (Wildman–Crippen LogP) is 4.44. The van der Waals surface area contributed by atoms with Gasteiger partial charge in [0.2, 0.25) is 0 Å². The second-order valence-electron chi connectivity index (χ2n) is 7.01. The summed E-state index contributed by atoms with van der Waals surface area (Å²) in [5.41, 5.74) is 5.62. The zero-order valence-electron chi connectivity index (χ0n) is 20.0. The molecule has 6 nitrogen and oxygen atoms in total. The van der Waals surface area contributed by atoms with Crippen LogP contribution in [0, 0.1) is 0 Å². The van der Waals surface area contributed by atoms with Gasteiger partial charge >= 0.3 is 0 Å². The minimum absolute atomic E-state index is 0.0242. The lowest BCUT2D eigenvalue weighted by atomic mass is 10.1. The fraction of sp³-hybridized carbons (Fsp3) is 1.00. The third kappa shape index (κ3) is 19.3. The van der Waals surface area contributed by atoms with Gasteiger partial charge in [-0.25, -0.2) is 0 Å². The highest BCUT2D eigenvalue weighted by Crippen LogP contribution is 2.22. The van der Waals surface area contributed by atoms with Crippen LogP contribution in [0.2, 0.25) is 0 Å². The maximum Gasteiger partial charge on any atom is 0.161 e. The first-order valence-corrected chi connectivity index (χ1v) is 14.7. The van der Waals surface area contributed by atoms with Crippen molar-refractivity contribution < 1.29 is 23.7 Å². The summed E-state index contributed by atoms with van der Waals surface area (Å²) in [6, 6.07) is 0. The van der Waals surface area contributed by atoms with Gasteiger partial charge in [0, 0.05) is 45.4 Å². The summed E-state index contributed by atoms with van der Waals surface area (Å²) >= 11 is 0. The Bertz CT molecular complexity index is 331. The van der Waals surface area contributed by atoms with Crippen molar-refractivity contribution in [1.82, 2.24) is 0 Å². The van der Waals surface area contributed by atoms with Gasteiger partial charge < -0.3 is 29.4 Å². The SMILES string of the molecule is CCOC(CPCCCCC(CCPCC(OCC)OCC)OCCCN)OCC. The van der Waals surface area contributed by atoms with Gasteiger partial charge in [-0.05, 0) is 72.2 Å². The van der Waals surface area contributed by atoms with Crippen LogP contribution in [0.25, 0.3) is 0 Å². The maximum atomic E-state index is 6.12. The Kier molecular flexibility index (Phi) is 24.8. The lowest BCUT2D eigenvalue weighted by molar-refractivity contribution is -0.120. The molecule has 0 aliphatic carbocycles. The van der Waals surface area contributed by atoms with Crippen molar-refractivity contribution in [2.45, 2.75) is 78.5 Å². The van der Waals surface area contributed by atoms with Crippen LogP contribution in [0.5, 0.6) is 0 Å². The lowest BCUT2D eigenvalue weighted by Gasteiger charge is -2.20. The Balaban J connectivity index is 4.03. The van der Waals surface area contributed by atoms with E-state index in [2.05, 4.69) is 0 Å². The van der Waals surface area contributed by atoms with Crippen LogP contribution in [0.3, 0.4) is 0 Å². The van der Waals surface area contributed by atoms with Gasteiger partial charge in [0.15, 0.2) is 12.6 Å². The fourth-order valence-electron chi connectivity index (χ4n) is 3.04. The third-order valence-electron chi connectivity index (χ3n) is 4.51. The summed E-state index contributed by atoms with van der Waals surface area (Å²) in [5, 5.41) is 0. The number of rotatable bonds is 24. The van der Waals surface area contributed by atoms with Crippen LogP contribution in [-0.4, -0.2) is 82.9 Å². The molecule has 0 aromatic carbocycles. The highest BCUT2D eigenvalue weighted by atomic mass is 31.1. The van der Waals surface area contributed by atoms with Crippen LogP contribution < -0.4 is 5.73 Å². The van der Waals surface area contributed by atoms with Crippen LogP contribution in [-0.2, 0) is 23.7 Å². The number of hydrogen-bond acceptors (Lipinski definition) is 6. The quantitative estimate of drug-likeness (QED) is 0.128. The molecular weight excluding hydrogens is 420 g/mol. The van der Waals surface area contributed by atoms with Gasteiger partial charge in [0.1, 0.15) is 0 Å². The lowest BCUT2D eigenvalue weighted by Crippen LogP contribution is -2.20. The summed E-state index contributed by atoms with van der Waals surface area (Å²) in [6.45, 7) is 12.4. The minimum Gasteiger partial charge on any atom is -0.378 e.